The molecule has 2 aromatic carbocycles. The standard InChI is InChI=1S/C22H29NO2/c1-6-19(15-25-20-9-7-8-16(2)14-20)23-21(24)17-10-12-18(13-11-17)22(3,4)5/h7-14,19H,6,15H2,1-5H3,(H,23,24)/t19-/m0/s1. The third-order valence-corrected chi connectivity index (χ3v) is 4.28. The lowest BCUT2D eigenvalue weighted by Gasteiger charge is -2.20. The molecule has 0 unspecified atom stereocenters. The second kappa shape index (κ2) is 8.19. The third kappa shape index (κ3) is 5.63. The highest BCUT2D eigenvalue weighted by Gasteiger charge is 2.16. The molecule has 0 aromatic heterocycles. The van der Waals surface area contributed by atoms with Crippen molar-refractivity contribution in [3.8, 4) is 5.75 Å². The van der Waals surface area contributed by atoms with Crippen LogP contribution >= 0.6 is 0 Å². The molecule has 0 radical (unpaired) electrons. The molecule has 0 heterocycles. The van der Waals surface area contributed by atoms with Crippen molar-refractivity contribution in [3.63, 3.8) is 0 Å². The van der Waals surface area contributed by atoms with Crippen LogP contribution in [0.1, 0.15) is 55.6 Å². The number of ether oxygens (including phenoxy) is 1. The minimum atomic E-state index is -0.0554. The first-order chi connectivity index (χ1) is 11.8. The van der Waals surface area contributed by atoms with Gasteiger partial charge in [0.25, 0.3) is 5.91 Å². The minimum Gasteiger partial charge on any atom is -0.491 e. The van der Waals surface area contributed by atoms with E-state index in [0.29, 0.717) is 12.2 Å². The zero-order valence-corrected chi connectivity index (χ0v) is 15.9. The van der Waals surface area contributed by atoms with Gasteiger partial charge in [-0.15, -0.1) is 0 Å². The summed E-state index contributed by atoms with van der Waals surface area (Å²) in [5.41, 5.74) is 3.15. The van der Waals surface area contributed by atoms with E-state index < -0.39 is 0 Å². The van der Waals surface area contributed by atoms with E-state index in [9.17, 15) is 4.79 Å². The number of hydrogen-bond donors (Lipinski definition) is 1. The number of carbonyl (C=O) groups is 1. The van der Waals surface area contributed by atoms with Crippen molar-refractivity contribution in [2.75, 3.05) is 6.61 Å². The van der Waals surface area contributed by atoms with Crippen molar-refractivity contribution < 1.29 is 9.53 Å². The number of amides is 1. The van der Waals surface area contributed by atoms with E-state index in [1.165, 1.54) is 5.56 Å². The molecule has 0 aliphatic carbocycles. The number of nitrogens with one attached hydrogen (secondary N) is 1. The number of carbonyl (C=O) groups excluding carboxylic acids is 1. The van der Waals surface area contributed by atoms with E-state index in [1.807, 2.05) is 62.4 Å². The fourth-order valence-corrected chi connectivity index (χ4v) is 2.55. The lowest BCUT2D eigenvalue weighted by molar-refractivity contribution is 0.0920. The molecule has 3 nitrogen and oxygen atoms in total. The highest BCUT2D eigenvalue weighted by atomic mass is 16.5. The second-order valence-corrected chi connectivity index (χ2v) is 7.53. The van der Waals surface area contributed by atoms with Crippen LogP contribution in [-0.4, -0.2) is 18.6 Å². The Balaban J connectivity index is 1.95. The number of aryl methyl sites for hydroxylation is 1. The highest BCUT2D eigenvalue weighted by molar-refractivity contribution is 5.94. The van der Waals surface area contributed by atoms with Crippen LogP contribution in [-0.2, 0) is 5.41 Å². The molecule has 134 valence electrons. The van der Waals surface area contributed by atoms with Crippen molar-refractivity contribution in [1.29, 1.82) is 0 Å². The summed E-state index contributed by atoms with van der Waals surface area (Å²) in [6.07, 6.45) is 0.817. The molecule has 2 rings (SSSR count). The topological polar surface area (TPSA) is 38.3 Å². The first-order valence-electron chi connectivity index (χ1n) is 8.90. The maximum Gasteiger partial charge on any atom is 0.251 e. The first-order valence-corrected chi connectivity index (χ1v) is 8.90. The summed E-state index contributed by atoms with van der Waals surface area (Å²) < 4.78 is 5.83. The first kappa shape index (κ1) is 19.0. The Hall–Kier alpha value is -2.29. The summed E-state index contributed by atoms with van der Waals surface area (Å²) in [6, 6.07) is 15.8. The van der Waals surface area contributed by atoms with Gasteiger partial charge in [0.05, 0.1) is 6.04 Å². The SMILES string of the molecule is CC[C@@H](COc1cccc(C)c1)NC(=O)c1ccc(C(C)(C)C)cc1. The van der Waals surface area contributed by atoms with E-state index in [0.717, 1.165) is 17.7 Å². The zero-order chi connectivity index (χ0) is 18.4. The number of benzene rings is 2. The number of hydrogen-bond acceptors (Lipinski definition) is 2. The van der Waals surface area contributed by atoms with Crippen LogP contribution in [0.2, 0.25) is 0 Å². The van der Waals surface area contributed by atoms with Crippen LogP contribution < -0.4 is 10.1 Å². The molecular formula is C22H29NO2. The molecule has 1 N–H and O–H groups in total. The molecule has 0 saturated heterocycles. The molecule has 25 heavy (non-hydrogen) atoms. The van der Waals surface area contributed by atoms with E-state index in [2.05, 4.69) is 26.1 Å². The second-order valence-electron chi connectivity index (χ2n) is 7.53. The van der Waals surface area contributed by atoms with Crippen LogP contribution in [0.15, 0.2) is 48.5 Å². The van der Waals surface area contributed by atoms with E-state index in [-0.39, 0.29) is 17.4 Å². The van der Waals surface area contributed by atoms with Crippen LogP contribution in [0, 0.1) is 6.92 Å². The fourth-order valence-electron chi connectivity index (χ4n) is 2.55. The smallest absolute Gasteiger partial charge is 0.251 e. The summed E-state index contributed by atoms with van der Waals surface area (Å²) in [6.45, 7) is 11.0. The Morgan fingerprint density at radius 3 is 2.36 bits per heavy atom. The van der Waals surface area contributed by atoms with Gasteiger partial charge < -0.3 is 10.1 Å². The molecule has 0 spiro atoms. The van der Waals surface area contributed by atoms with Gasteiger partial charge in [-0.3, -0.25) is 4.79 Å². The summed E-state index contributed by atoms with van der Waals surface area (Å²) in [7, 11) is 0. The van der Waals surface area contributed by atoms with Gasteiger partial charge in [0.1, 0.15) is 12.4 Å². The molecule has 1 amide bonds. The van der Waals surface area contributed by atoms with Crippen molar-refractivity contribution in [2.45, 2.75) is 52.5 Å². The Labute approximate surface area is 151 Å². The summed E-state index contributed by atoms with van der Waals surface area (Å²) in [5.74, 6) is 0.780. The van der Waals surface area contributed by atoms with Gasteiger partial charge in [-0.05, 0) is 54.2 Å². The van der Waals surface area contributed by atoms with Gasteiger partial charge in [-0.2, -0.15) is 0 Å². The van der Waals surface area contributed by atoms with Gasteiger partial charge in [0.2, 0.25) is 0 Å². The van der Waals surface area contributed by atoms with Crippen LogP contribution in [0.3, 0.4) is 0 Å². The zero-order valence-electron chi connectivity index (χ0n) is 15.9. The third-order valence-electron chi connectivity index (χ3n) is 4.28. The maximum absolute atomic E-state index is 12.5. The normalized spacial score (nSPS) is 12.5. The Kier molecular flexibility index (Phi) is 6.24. The van der Waals surface area contributed by atoms with Gasteiger partial charge in [-0.1, -0.05) is 52.0 Å². The van der Waals surface area contributed by atoms with Gasteiger partial charge >= 0.3 is 0 Å². The Bertz CT molecular complexity index is 699. The lowest BCUT2D eigenvalue weighted by atomic mass is 9.86. The average molecular weight is 339 g/mol. The average Bonchev–Trinajstić information content (AvgIpc) is 2.58. The predicted octanol–water partition coefficient (Wildman–Crippen LogP) is 4.88. The van der Waals surface area contributed by atoms with Crippen LogP contribution in [0.25, 0.3) is 0 Å². The van der Waals surface area contributed by atoms with Crippen molar-refractivity contribution in [2.24, 2.45) is 0 Å². The van der Waals surface area contributed by atoms with Gasteiger partial charge in [0, 0.05) is 5.56 Å². The highest BCUT2D eigenvalue weighted by Crippen LogP contribution is 2.22. The van der Waals surface area contributed by atoms with E-state index >= 15 is 0 Å². The molecule has 0 aliphatic rings. The monoisotopic (exact) mass is 339 g/mol. The summed E-state index contributed by atoms with van der Waals surface area (Å²) in [4.78, 5) is 12.5. The molecule has 2 aromatic rings. The molecular weight excluding hydrogens is 310 g/mol. The van der Waals surface area contributed by atoms with Crippen LogP contribution in [0.5, 0.6) is 5.75 Å². The van der Waals surface area contributed by atoms with Crippen molar-refractivity contribution in [3.05, 3.63) is 65.2 Å². The van der Waals surface area contributed by atoms with E-state index in [4.69, 9.17) is 4.74 Å². The largest absolute Gasteiger partial charge is 0.491 e. The molecule has 3 heteroatoms. The molecule has 0 bridgehead atoms. The lowest BCUT2D eigenvalue weighted by Crippen LogP contribution is -2.38. The Morgan fingerprint density at radius 2 is 1.80 bits per heavy atom. The number of rotatable bonds is 6. The van der Waals surface area contributed by atoms with Gasteiger partial charge in [-0.25, -0.2) is 0 Å². The van der Waals surface area contributed by atoms with Gasteiger partial charge in [0.15, 0.2) is 0 Å². The summed E-state index contributed by atoms with van der Waals surface area (Å²) >= 11 is 0. The maximum atomic E-state index is 12.5. The van der Waals surface area contributed by atoms with E-state index in [1.54, 1.807) is 0 Å². The Morgan fingerprint density at radius 1 is 1.12 bits per heavy atom. The quantitative estimate of drug-likeness (QED) is 0.814. The molecule has 0 aliphatic heterocycles. The van der Waals surface area contributed by atoms with Crippen molar-refractivity contribution in [1.82, 2.24) is 5.32 Å². The molecule has 1 atom stereocenters. The van der Waals surface area contributed by atoms with Crippen molar-refractivity contribution >= 4 is 5.91 Å². The fraction of sp³-hybridized carbons (Fsp3) is 0.409. The molecule has 0 saturated carbocycles. The molecule has 0 fully saturated rings. The predicted molar refractivity (Wildman–Crippen MR) is 103 cm³/mol. The summed E-state index contributed by atoms with van der Waals surface area (Å²) in [5, 5.41) is 3.06. The van der Waals surface area contributed by atoms with Crippen LogP contribution in [0.4, 0.5) is 0 Å². The minimum absolute atomic E-state index is 0.0182.